The molecule has 6 heteroatoms. The summed E-state index contributed by atoms with van der Waals surface area (Å²) in [5.41, 5.74) is 1.99. The molecule has 0 atom stereocenters. The molecule has 1 aromatic carbocycles. The molecule has 0 bridgehead atoms. The molecule has 6 nitrogen and oxygen atoms in total. The number of hydrogen-bond donors (Lipinski definition) is 1. The Bertz CT molecular complexity index is 620. The van der Waals surface area contributed by atoms with Crippen LogP contribution in [0.5, 0.6) is 0 Å². The van der Waals surface area contributed by atoms with E-state index in [-0.39, 0.29) is 5.97 Å². The summed E-state index contributed by atoms with van der Waals surface area (Å²) < 4.78 is 11.1. The first-order valence-electron chi connectivity index (χ1n) is 9.73. The van der Waals surface area contributed by atoms with E-state index in [0.717, 1.165) is 50.5 Å². The van der Waals surface area contributed by atoms with E-state index in [2.05, 4.69) is 42.3 Å². The van der Waals surface area contributed by atoms with E-state index in [4.69, 9.17) is 9.47 Å². The van der Waals surface area contributed by atoms with Crippen LogP contribution in [0.3, 0.4) is 0 Å². The highest BCUT2D eigenvalue weighted by Gasteiger charge is 2.23. The molecule has 0 aromatic heterocycles. The molecule has 1 saturated heterocycles. The van der Waals surface area contributed by atoms with Gasteiger partial charge in [0.15, 0.2) is 0 Å². The number of anilines is 2. The van der Waals surface area contributed by atoms with Gasteiger partial charge in [0.2, 0.25) is 0 Å². The van der Waals surface area contributed by atoms with Crippen molar-refractivity contribution in [2.45, 2.75) is 45.3 Å². The quantitative estimate of drug-likeness (QED) is 0.737. The van der Waals surface area contributed by atoms with Crippen LogP contribution in [-0.4, -0.2) is 70.0 Å². The largest absolute Gasteiger partial charge is 0.456 e. The zero-order valence-corrected chi connectivity index (χ0v) is 17.7. The van der Waals surface area contributed by atoms with Crippen molar-refractivity contribution in [2.75, 3.05) is 57.7 Å². The molecule has 0 spiro atoms. The van der Waals surface area contributed by atoms with Gasteiger partial charge >= 0.3 is 5.97 Å². The van der Waals surface area contributed by atoms with Crippen LogP contribution in [0.2, 0.25) is 0 Å². The molecular formula is C21H35N3O3. The molecule has 1 fully saturated rings. The lowest BCUT2D eigenvalue weighted by Crippen LogP contribution is -2.31. The van der Waals surface area contributed by atoms with Gasteiger partial charge in [-0.2, -0.15) is 0 Å². The molecule has 0 radical (unpaired) electrons. The van der Waals surface area contributed by atoms with Crippen molar-refractivity contribution in [1.29, 1.82) is 0 Å². The zero-order valence-electron chi connectivity index (χ0n) is 17.7. The van der Waals surface area contributed by atoms with Crippen molar-refractivity contribution in [2.24, 2.45) is 0 Å². The zero-order chi connectivity index (χ0) is 20.0. The van der Waals surface area contributed by atoms with Crippen LogP contribution >= 0.6 is 0 Å². The van der Waals surface area contributed by atoms with Gasteiger partial charge in [-0.05, 0) is 65.9 Å². The fourth-order valence-corrected chi connectivity index (χ4v) is 2.94. The number of likely N-dealkylation sites (N-methyl/N-ethyl adjacent to an activating group) is 2. The van der Waals surface area contributed by atoms with E-state index in [0.29, 0.717) is 11.6 Å². The average Bonchev–Trinajstić information content (AvgIpc) is 2.59. The van der Waals surface area contributed by atoms with Crippen LogP contribution in [-0.2, 0) is 9.47 Å². The number of hydrogen-bond acceptors (Lipinski definition) is 6. The Morgan fingerprint density at radius 3 is 2.44 bits per heavy atom. The van der Waals surface area contributed by atoms with Gasteiger partial charge in [-0.1, -0.05) is 0 Å². The van der Waals surface area contributed by atoms with Crippen molar-refractivity contribution >= 4 is 17.3 Å². The Morgan fingerprint density at radius 1 is 1.19 bits per heavy atom. The van der Waals surface area contributed by atoms with E-state index >= 15 is 0 Å². The second kappa shape index (κ2) is 9.42. The molecule has 152 valence electrons. The summed E-state index contributed by atoms with van der Waals surface area (Å²) >= 11 is 0. The second-order valence-corrected chi connectivity index (χ2v) is 8.49. The monoisotopic (exact) mass is 377 g/mol. The minimum Gasteiger partial charge on any atom is -0.456 e. The van der Waals surface area contributed by atoms with Crippen LogP contribution in [0.1, 0.15) is 44.0 Å². The number of carbonyl (C=O) groups is 1. The van der Waals surface area contributed by atoms with E-state index in [9.17, 15) is 4.79 Å². The first-order valence-corrected chi connectivity index (χ1v) is 9.73. The van der Waals surface area contributed by atoms with E-state index in [1.54, 1.807) is 0 Å². The van der Waals surface area contributed by atoms with Gasteiger partial charge in [-0.15, -0.1) is 0 Å². The van der Waals surface area contributed by atoms with Crippen LogP contribution in [0.4, 0.5) is 11.4 Å². The number of nitrogens with one attached hydrogen (secondary N) is 1. The normalized spacial score (nSPS) is 15.7. The summed E-state index contributed by atoms with van der Waals surface area (Å²) in [6.45, 7) is 9.05. The molecule has 1 aliphatic rings. The van der Waals surface area contributed by atoms with E-state index < -0.39 is 5.60 Å². The Hall–Kier alpha value is -1.79. The van der Waals surface area contributed by atoms with Gasteiger partial charge < -0.3 is 24.6 Å². The highest BCUT2D eigenvalue weighted by Crippen LogP contribution is 2.27. The van der Waals surface area contributed by atoms with Gasteiger partial charge in [0.05, 0.1) is 11.3 Å². The highest BCUT2D eigenvalue weighted by molar-refractivity contribution is 5.96. The molecule has 1 heterocycles. The summed E-state index contributed by atoms with van der Waals surface area (Å²) in [5.74, 6) is -0.292. The number of esters is 1. The lowest BCUT2D eigenvalue weighted by Gasteiger charge is -2.28. The lowest BCUT2D eigenvalue weighted by molar-refractivity contribution is 0.00706. The summed E-state index contributed by atoms with van der Waals surface area (Å²) in [7, 11) is 6.21. The van der Waals surface area contributed by atoms with Crippen molar-refractivity contribution in [3.05, 3.63) is 23.8 Å². The molecule has 1 aliphatic heterocycles. The molecule has 27 heavy (non-hydrogen) atoms. The first-order chi connectivity index (χ1) is 12.7. The van der Waals surface area contributed by atoms with Crippen LogP contribution in [0.25, 0.3) is 0 Å². The predicted molar refractivity (Wildman–Crippen MR) is 111 cm³/mol. The standard InChI is InChI=1S/C21H35N3O3/c1-21(2,3)27-20(25)18-8-7-17(24(6)12-11-23(4)5)15-19(18)22-16-9-13-26-14-10-16/h7-8,15-16,22H,9-14H2,1-6H3. The molecule has 0 aliphatic carbocycles. The third-order valence-corrected chi connectivity index (χ3v) is 4.53. The van der Waals surface area contributed by atoms with E-state index in [1.165, 1.54) is 0 Å². The molecule has 0 amide bonds. The first kappa shape index (κ1) is 21.5. The highest BCUT2D eigenvalue weighted by atomic mass is 16.6. The Labute approximate surface area is 163 Å². The number of nitrogens with zero attached hydrogens (tertiary/aromatic N) is 2. The second-order valence-electron chi connectivity index (χ2n) is 8.49. The van der Waals surface area contributed by atoms with Gasteiger partial charge in [0.1, 0.15) is 5.60 Å². The summed E-state index contributed by atoms with van der Waals surface area (Å²) in [6.07, 6.45) is 1.88. The fraction of sp³-hybridized carbons (Fsp3) is 0.667. The van der Waals surface area contributed by atoms with Gasteiger partial charge in [0, 0.05) is 45.1 Å². The third kappa shape index (κ3) is 7.03. The Morgan fingerprint density at radius 2 is 1.85 bits per heavy atom. The fourth-order valence-electron chi connectivity index (χ4n) is 2.94. The molecule has 0 unspecified atom stereocenters. The van der Waals surface area contributed by atoms with Gasteiger partial charge in [-0.3, -0.25) is 0 Å². The summed E-state index contributed by atoms with van der Waals surface area (Å²) in [4.78, 5) is 17.1. The minimum atomic E-state index is -0.520. The SMILES string of the molecule is CN(C)CCN(C)c1ccc(C(=O)OC(C)(C)C)c(NC2CCOCC2)c1. The van der Waals surface area contributed by atoms with Crippen molar-refractivity contribution in [3.63, 3.8) is 0 Å². The summed E-state index contributed by atoms with van der Waals surface area (Å²) in [5, 5.41) is 3.56. The predicted octanol–water partition coefficient (Wildman–Crippen LogP) is 3.23. The minimum absolute atomic E-state index is 0.292. The van der Waals surface area contributed by atoms with E-state index in [1.807, 2.05) is 32.9 Å². The maximum absolute atomic E-state index is 12.7. The topological polar surface area (TPSA) is 54.0 Å². The van der Waals surface area contributed by atoms with Gasteiger partial charge in [0.25, 0.3) is 0 Å². The molecule has 1 aromatic rings. The molecule has 1 N–H and O–H groups in total. The number of benzene rings is 1. The van der Waals surface area contributed by atoms with Crippen LogP contribution in [0.15, 0.2) is 18.2 Å². The van der Waals surface area contributed by atoms with Crippen molar-refractivity contribution in [1.82, 2.24) is 4.90 Å². The Balaban J connectivity index is 2.24. The van der Waals surface area contributed by atoms with Crippen molar-refractivity contribution in [3.8, 4) is 0 Å². The van der Waals surface area contributed by atoms with Gasteiger partial charge in [-0.25, -0.2) is 4.79 Å². The molecule has 2 rings (SSSR count). The lowest BCUT2D eigenvalue weighted by atomic mass is 10.1. The summed E-state index contributed by atoms with van der Waals surface area (Å²) in [6, 6.07) is 6.23. The smallest absolute Gasteiger partial charge is 0.340 e. The third-order valence-electron chi connectivity index (χ3n) is 4.53. The average molecular weight is 378 g/mol. The number of rotatable bonds is 7. The number of ether oxygens (including phenoxy) is 2. The maximum atomic E-state index is 12.7. The Kier molecular flexibility index (Phi) is 7.50. The molecular weight excluding hydrogens is 342 g/mol. The maximum Gasteiger partial charge on any atom is 0.340 e. The van der Waals surface area contributed by atoms with Crippen LogP contribution in [0, 0.1) is 0 Å². The van der Waals surface area contributed by atoms with Crippen molar-refractivity contribution < 1.29 is 14.3 Å². The molecule has 0 saturated carbocycles. The number of carbonyl (C=O) groups excluding carboxylic acids is 1. The van der Waals surface area contributed by atoms with Crippen LogP contribution < -0.4 is 10.2 Å².